The molecule has 0 saturated carbocycles. The number of aromatic nitrogens is 2. The number of fused-ring (bicyclic) bond motifs is 1. The molecule has 9 heteroatoms. The number of nitrogens with zero attached hydrogens (tertiary/aromatic N) is 3. The number of aryl methyl sites for hydroxylation is 1. The van der Waals surface area contributed by atoms with Crippen LogP contribution in [0.15, 0.2) is 41.3 Å². The maximum Gasteiger partial charge on any atom is 0.433 e. The summed E-state index contributed by atoms with van der Waals surface area (Å²) in [6, 6.07) is 4.51. The number of hydrogen-bond acceptors (Lipinski definition) is 4. The Labute approximate surface area is 173 Å². The Balaban J connectivity index is 1.43. The zero-order valence-electron chi connectivity index (χ0n) is 15.5. The van der Waals surface area contributed by atoms with E-state index in [9.17, 15) is 18.0 Å². The second-order valence-corrected chi connectivity index (χ2v) is 8.20. The molecule has 3 aromatic rings. The summed E-state index contributed by atoms with van der Waals surface area (Å²) in [5, 5.41) is 1.74. The molecule has 1 aliphatic heterocycles. The van der Waals surface area contributed by atoms with E-state index in [4.69, 9.17) is 5.73 Å². The second kappa shape index (κ2) is 7.05. The van der Waals surface area contributed by atoms with Gasteiger partial charge in [-0.2, -0.15) is 13.2 Å². The Kier molecular flexibility index (Phi) is 4.80. The maximum absolute atomic E-state index is 12.8. The topological polar surface area (TPSA) is 64.2 Å². The first-order chi connectivity index (χ1) is 13.6. The highest BCUT2D eigenvalue weighted by Crippen LogP contribution is 2.34. The zero-order valence-corrected chi connectivity index (χ0v) is 17.1. The van der Waals surface area contributed by atoms with E-state index in [1.165, 1.54) is 0 Å². The number of alkyl halides is 3. The molecule has 1 fully saturated rings. The van der Waals surface area contributed by atoms with Crippen LogP contribution < -0.4 is 10.6 Å². The molecule has 3 heterocycles. The van der Waals surface area contributed by atoms with E-state index >= 15 is 0 Å². The number of nitrogens with two attached hydrogens (primary N) is 1. The number of pyridine rings is 1. The van der Waals surface area contributed by atoms with E-state index in [1.54, 1.807) is 23.0 Å². The first-order valence-electron chi connectivity index (χ1n) is 9.01. The summed E-state index contributed by atoms with van der Waals surface area (Å²) in [5.74, 6) is 0.0205. The van der Waals surface area contributed by atoms with Gasteiger partial charge in [0.2, 0.25) is 5.91 Å². The van der Waals surface area contributed by atoms with Gasteiger partial charge in [0.1, 0.15) is 5.69 Å². The van der Waals surface area contributed by atoms with Crippen LogP contribution in [0, 0.1) is 12.8 Å². The summed E-state index contributed by atoms with van der Waals surface area (Å²) in [4.78, 5) is 17.9. The number of rotatable bonds is 3. The van der Waals surface area contributed by atoms with Gasteiger partial charge in [0.15, 0.2) is 0 Å². The Hall–Kier alpha value is -2.55. The van der Waals surface area contributed by atoms with Crippen LogP contribution in [0.4, 0.5) is 24.5 Å². The molecule has 0 spiro atoms. The zero-order chi connectivity index (χ0) is 20.9. The first kappa shape index (κ1) is 19.8. The second-order valence-electron chi connectivity index (χ2n) is 7.35. The molecule has 0 unspecified atom stereocenters. The lowest BCUT2D eigenvalue weighted by atomic mass is 9.95. The third-order valence-electron chi connectivity index (χ3n) is 5.25. The molecule has 1 aromatic carbocycles. The monoisotopic (exact) mass is 466 g/mol. The number of hydrogen-bond donors (Lipinski definition) is 1. The van der Waals surface area contributed by atoms with Gasteiger partial charge in [-0.3, -0.25) is 14.3 Å². The molecular weight excluding hydrogens is 449 g/mol. The van der Waals surface area contributed by atoms with Crippen molar-refractivity contribution in [2.75, 3.05) is 23.7 Å². The van der Waals surface area contributed by atoms with Crippen molar-refractivity contribution in [3.63, 3.8) is 0 Å². The highest BCUT2D eigenvalue weighted by Gasteiger charge is 2.35. The molecule has 4 rings (SSSR count). The minimum atomic E-state index is -4.47. The third-order valence-corrected chi connectivity index (χ3v) is 5.91. The van der Waals surface area contributed by atoms with Gasteiger partial charge in [0.05, 0.1) is 5.69 Å². The van der Waals surface area contributed by atoms with Crippen molar-refractivity contribution in [3.05, 3.63) is 52.5 Å². The van der Waals surface area contributed by atoms with E-state index in [0.717, 1.165) is 33.1 Å². The van der Waals surface area contributed by atoms with Gasteiger partial charge >= 0.3 is 6.18 Å². The molecule has 0 atom stereocenters. The van der Waals surface area contributed by atoms with Gasteiger partial charge < -0.3 is 10.6 Å². The largest absolute Gasteiger partial charge is 0.433 e. The van der Waals surface area contributed by atoms with Crippen molar-refractivity contribution >= 4 is 44.0 Å². The van der Waals surface area contributed by atoms with Crippen LogP contribution in [0.3, 0.4) is 0 Å². The summed E-state index contributed by atoms with van der Waals surface area (Å²) in [6.45, 7) is 3.01. The Morgan fingerprint density at radius 2 is 1.97 bits per heavy atom. The molecule has 29 heavy (non-hydrogen) atoms. The standard InChI is InChI=1S/C20H18BrF3N4O/c1-11-4-16(21)19(25)15-10-28(9-14(11)15)18(29)5-12-7-27(8-12)13-2-3-26-17(6-13)20(22,23)24/h2-4,6,9-10,12H,5,7-8,25H2,1H3. The van der Waals surface area contributed by atoms with Gasteiger partial charge in [-0.05, 0) is 46.6 Å². The predicted molar refractivity (Wildman–Crippen MR) is 109 cm³/mol. The lowest BCUT2D eigenvalue weighted by molar-refractivity contribution is -0.141. The van der Waals surface area contributed by atoms with Crippen molar-refractivity contribution in [1.82, 2.24) is 9.55 Å². The van der Waals surface area contributed by atoms with Crippen LogP contribution in [0.25, 0.3) is 10.8 Å². The van der Waals surface area contributed by atoms with Crippen LogP contribution in [0.1, 0.15) is 22.5 Å². The molecule has 2 aromatic heterocycles. The third kappa shape index (κ3) is 3.71. The van der Waals surface area contributed by atoms with Gasteiger partial charge in [-0.1, -0.05) is 0 Å². The lowest BCUT2D eigenvalue weighted by Crippen LogP contribution is -2.48. The first-order valence-corrected chi connectivity index (χ1v) is 9.80. The van der Waals surface area contributed by atoms with E-state index in [-0.39, 0.29) is 11.8 Å². The molecule has 0 bridgehead atoms. The van der Waals surface area contributed by atoms with Crippen LogP contribution in [-0.2, 0) is 6.18 Å². The minimum absolute atomic E-state index is 0.0634. The number of halogens is 4. The molecule has 0 aliphatic carbocycles. The summed E-state index contributed by atoms with van der Waals surface area (Å²) in [6.07, 6.45) is 0.522. The quantitative estimate of drug-likeness (QED) is 0.559. The van der Waals surface area contributed by atoms with Crippen molar-refractivity contribution in [2.24, 2.45) is 5.92 Å². The van der Waals surface area contributed by atoms with Gasteiger partial charge in [-0.25, -0.2) is 0 Å². The van der Waals surface area contributed by atoms with Gasteiger partial charge in [-0.15, -0.1) is 0 Å². The summed E-state index contributed by atoms with van der Waals surface area (Å²) < 4.78 is 40.8. The Bertz CT molecular complexity index is 1100. The van der Waals surface area contributed by atoms with E-state index in [1.807, 2.05) is 17.9 Å². The SMILES string of the molecule is Cc1cc(Br)c(N)c2cn(C(=O)CC3CN(c4ccnc(C(F)(F)F)c4)C3)cc12. The van der Waals surface area contributed by atoms with Crippen LogP contribution >= 0.6 is 15.9 Å². The molecule has 0 radical (unpaired) electrons. The molecule has 152 valence electrons. The lowest BCUT2D eigenvalue weighted by Gasteiger charge is -2.41. The van der Waals surface area contributed by atoms with Crippen LogP contribution in [0.5, 0.6) is 0 Å². The number of anilines is 2. The average Bonchev–Trinajstić information content (AvgIpc) is 3.08. The van der Waals surface area contributed by atoms with Crippen molar-refractivity contribution in [2.45, 2.75) is 19.5 Å². The minimum Gasteiger partial charge on any atom is -0.397 e. The van der Waals surface area contributed by atoms with E-state index in [2.05, 4.69) is 20.9 Å². The fraction of sp³-hybridized carbons (Fsp3) is 0.300. The fourth-order valence-corrected chi connectivity index (χ4v) is 4.19. The average molecular weight is 467 g/mol. The number of carbonyl (C=O) groups excluding carboxylic acids is 1. The van der Waals surface area contributed by atoms with Crippen LogP contribution in [0.2, 0.25) is 0 Å². The molecule has 1 saturated heterocycles. The summed E-state index contributed by atoms with van der Waals surface area (Å²) in [5.41, 5.74) is 7.26. The van der Waals surface area contributed by atoms with Crippen molar-refractivity contribution < 1.29 is 18.0 Å². The normalized spacial score (nSPS) is 15.0. The smallest absolute Gasteiger partial charge is 0.397 e. The summed E-state index contributed by atoms with van der Waals surface area (Å²) >= 11 is 3.42. The molecule has 2 N–H and O–H groups in total. The number of nitrogen functional groups attached to an aromatic ring is 1. The van der Waals surface area contributed by atoms with Gasteiger partial charge in [0.25, 0.3) is 0 Å². The highest BCUT2D eigenvalue weighted by molar-refractivity contribution is 9.10. The predicted octanol–water partition coefficient (Wildman–Crippen LogP) is 4.87. The Morgan fingerprint density at radius 3 is 2.66 bits per heavy atom. The summed E-state index contributed by atoms with van der Waals surface area (Å²) in [7, 11) is 0. The van der Waals surface area contributed by atoms with Gasteiger partial charge in [0, 0.05) is 65.0 Å². The highest BCUT2D eigenvalue weighted by atomic mass is 79.9. The molecule has 0 amide bonds. The number of benzene rings is 1. The van der Waals surface area contributed by atoms with Crippen molar-refractivity contribution in [3.8, 4) is 0 Å². The fourth-order valence-electron chi connectivity index (χ4n) is 3.63. The maximum atomic E-state index is 12.8. The number of carbonyl (C=O) groups is 1. The molecule has 1 aliphatic rings. The van der Waals surface area contributed by atoms with Crippen molar-refractivity contribution in [1.29, 1.82) is 0 Å². The molecule has 5 nitrogen and oxygen atoms in total. The van der Waals surface area contributed by atoms with E-state index < -0.39 is 11.9 Å². The molecular formula is C20H18BrF3N4O. The van der Waals surface area contributed by atoms with E-state index in [0.29, 0.717) is 30.9 Å². The van der Waals surface area contributed by atoms with Crippen LogP contribution in [-0.4, -0.2) is 28.5 Å². The Morgan fingerprint density at radius 1 is 1.28 bits per heavy atom.